The SMILES string of the molecule is COc1ccccc1-c1nc(-c2ccccc2)c(-c2cccc(-c3c4ccccc4c(-c4cccc5c4ccc4cc6ccccc6cc45)c4ccccc34)c2)c(-c2ccccc2)n1.c1ccc(-c2cc(-c3ccccc3)cc(-c3cccc(-c4ccc(-c5c(-c6ccccc6)nc(-c6cccc(-c7c8ccccc8c(-c8cccc9c8ccc8cc%10ccccc%10cc89)c8ccccc78)c6)nc5-c5ccccc5)cc4)c3)c2)cc1. The van der Waals surface area contributed by atoms with Gasteiger partial charge < -0.3 is 4.74 Å². The monoisotopic (exact) mass is 1910 g/mol. The molecule has 28 aromatic rings. The number of benzene rings is 26. The van der Waals surface area contributed by atoms with Crippen molar-refractivity contribution in [2.45, 2.75) is 0 Å². The highest BCUT2D eigenvalue weighted by Gasteiger charge is 2.28. The Morgan fingerprint density at radius 1 is 0.127 bits per heavy atom. The lowest BCUT2D eigenvalue weighted by Crippen LogP contribution is -2.02. The third-order valence-corrected chi connectivity index (χ3v) is 29.9. The zero-order valence-electron chi connectivity index (χ0n) is 82.2. The number of methoxy groups -OCH3 is 1. The average Bonchev–Trinajstić information content (AvgIpc) is 0.722. The molecule has 0 bridgehead atoms. The fourth-order valence-electron chi connectivity index (χ4n) is 23.0. The summed E-state index contributed by atoms with van der Waals surface area (Å²) < 4.78 is 5.85. The normalized spacial score (nSPS) is 11.5. The molecule has 0 unspecified atom stereocenters. The van der Waals surface area contributed by atoms with Gasteiger partial charge in [-0.25, -0.2) is 19.9 Å². The molecule has 0 aliphatic rings. The topological polar surface area (TPSA) is 60.8 Å². The highest BCUT2D eigenvalue weighted by Crippen LogP contribution is 2.53. The van der Waals surface area contributed by atoms with Crippen molar-refractivity contribution in [3.05, 3.63) is 552 Å². The van der Waals surface area contributed by atoms with Gasteiger partial charge in [-0.2, -0.15) is 0 Å². The van der Waals surface area contributed by atoms with Crippen molar-refractivity contribution in [2.75, 3.05) is 7.11 Å². The van der Waals surface area contributed by atoms with Crippen molar-refractivity contribution < 1.29 is 4.74 Å². The Hall–Kier alpha value is -19.7. The number of fused-ring (bicyclic) bond motifs is 12. The molecule has 0 amide bonds. The summed E-state index contributed by atoms with van der Waals surface area (Å²) in [5, 5.41) is 24.7. The summed E-state index contributed by atoms with van der Waals surface area (Å²) >= 11 is 0. The van der Waals surface area contributed by atoms with Crippen molar-refractivity contribution in [3.63, 3.8) is 0 Å². The van der Waals surface area contributed by atoms with Gasteiger partial charge in [-0.15, -0.1) is 0 Å². The molecule has 5 heteroatoms. The fourth-order valence-corrected chi connectivity index (χ4v) is 23.0. The van der Waals surface area contributed by atoms with E-state index < -0.39 is 0 Å². The smallest absolute Gasteiger partial charge is 0.164 e. The van der Waals surface area contributed by atoms with Gasteiger partial charge in [0.15, 0.2) is 11.6 Å². The van der Waals surface area contributed by atoms with E-state index in [0.29, 0.717) is 11.6 Å². The van der Waals surface area contributed by atoms with Crippen LogP contribution in [0.1, 0.15) is 0 Å². The van der Waals surface area contributed by atoms with Gasteiger partial charge in [0.25, 0.3) is 0 Å². The van der Waals surface area contributed by atoms with E-state index in [-0.39, 0.29) is 0 Å². The highest BCUT2D eigenvalue weighted by molar-refractivity contribution is 6.28. The average molecular weight is 1910 g/mol. The lowest BCUT2D eigenvalue weighted by molar-refractivity contribution is 0.416. The molecule has 0 saturated heterocycles. The summed E-state index contributed by atoms with van der Waals surface area (Å²) in [6.45, 7) is 0. The molecule has 5 nitrogen and oxygen atoms in total. The second kappa shape index (κ2) is 38.4. The summed E-state index contributed by atoms with van der Waals surface area (Å²) in [5.41, 5.74) is 32.2. The zero-order valence-corrected chi connectivity index (χ0v) is 82.2. The standard InChI is InChI=1S/C84H54N2.C61H40N2O/c1-5-22-55(23-6-1)68-51-69(56-24-7-2-8-25-56)53-70(52-68)63-33-19-32-61(48-63)57-42-44-58(45-43-57)80-82(59-26-9-3-10-27-59)85-84(86-83(80)60-28-11-4-12-29-60)67-35-20-34-66(50-67)79-74-36-15-17-38-76(74)81(77-39-18-16-37-75(77)79)73-41-21-40-71-72(73)47-46-65-49-62-30-13-14-31-64(62)54-78(65)71;1-64-55-33-15-14-30-53(55)61-62-59(39-18-4-2-5-19-39)57(60(63-61)40-20-6-3-7-21-40)45-25-16-24-44(37-45)56-49-26-10-12-28-51(49)58(52-29-13-11-27-50(52)56)48-32-17-31-46-47(48)35-34-43-36-41-22-8-9-23-42(41)38-54(43)46/h1-54H;2-38H,1H3. The number of hydrogen-bond acceptors (Lipinski definition) is 5. The lowest BCUT2D eigenvalue weighted by atomic mass is 9.83. The second-order valence-electron chi connectivity index (χ2n) is 38.7. The first-order valence-corrected chi connectivity index (χ1v) is 51.3. The Labute approximate surface area is 870 Å². The Kier molecular flexibility index (Phi) is 22.8. The molecule has 0 saturated carbocycles. The number of para-hydroxylation sites is 1. The summed E-state index contributed by atoms with van der Waals surface area (Å²) in [4.78, 5) is 22.1. The Morgan fingerprint density at radius 2 is 0.380 bits per heavy atom. The molecule has 150 heavy (non-hydrogen) atoms. The molecule has 0 fully saturated rings. The van der Waals surface area contributed by atoms with Crippen LogP contribution >= 0.6 is 0 Å². The molecule has 0 aliphatic heterocycles. The zero-order chi connectivity index (χ0) is 99.5. The maximum atomic E-state index is 5.85. The van der Waals surface area contributed by atoms with Gasteiger partial charge in [-0.3, -0.25) is 0 Å². The summed E-state index contributed by atoms with van der Waals surface area (Å²) in [7, 11) is 1.69. The number of aromatic nitrogens is 4. The van der Waals surface area contributed by atoms with Gasteiger partial charge in [0.2, 0.25) is 0 Å². The van der Waals surface area contributed by atoms with E-state index in [0.717, 1.165) is 112 Å². The predicted molar refractivity (Wildman–Crippen MR) is 633 cm³/mol. The minimum Gasteiger partial charge on any atom is -0.496 e. The van der Waals surface area contributed by atoms with Crippen LogP contribution in [0.15, 0.2) is 552 Å². The maximum absolute atomic E-state index is 5.85. The van der Waals surface area contributed by atoms with Crippen LogP contribution in [0.3, 0.4) is 0 Å². The minimum atomic E-state index is 0.609. The van der Waals surface area contributed by atoms with Crippen LogP contribution in [-0.2, 0) is 0 Å². The second-order valence-corrected chi connectivity index (χ2v) is 38.7. The molecule has 28 rings (SSSR count). The van der Waals surface area contributed by atoms with Gasteiger partial charge in [0.1, 0.15) is 5.75 Å². The molecular weight excluding hydrogens is 1810 g/mol. The molecule has 0 N–H and O–H groups in total. The van der Waals surface area contributed by atoms with E-state index in [1.165, 1.54) is 169 Å². The van der Waals surface area contributed by atoms with E-state index in [1.807, 2.05) is 36.4 Å². The van der Waals surface area contributed by atoms with E-state index in [2.05, 4.69) is 516 Å². The minimum absolute atomic E-state index is 0.609. The summed E-state index contributed by atoms with van der Waals surface area (Å²) in [5.74, 6) is 2.00. The van der Waals surface area contributed by atoms with Crippen LogP contribution in [-0.4, -0.2) is 27.0 Å². The highest BCUT2D eigenvalue weighted by atomic mass is 16.5. The summed E-state index contributed by atoms with van der Waals surface area (Å²) in [6, 6.07) is 199. The Balaban J connectivity index is 0.000000154. The first kappa shape index (κ1) is 89.2. The van der Waals surface area contributed by atoms with Gasteiger partial charge in [0, 0.05) is 38.9 Å². The molecular formula is C145H94N4O. The van der Waals surface area contributed by atoms with Crippen LogP contribution in [0.4, 0.5) is 0 Å². The largest absolute Gasteiger partial charge is 0.496 e. The number of ether oxygens (including phenoxy) is 1. The fraction of sp³-hybridized carbons (Fsp3) is 0.00690. The van der Waals surface area contributed by atoms with Gasteiger partial charge in [-0.05, 0) is 281 Å². The molecule has 0 atom stereocenters. The van der Waals surface area contributed by atoms with Crippen molar-refractivity contribution in [3.8, 4) is 185 Å². The van der Waals surface area contributed by atoms with Crippen molar-refractivity contribution in [1.29, 1.82) is 0 Å². The van der Waals surface area contributed by atoms with E-state index in [1.54, 1.807) is 7.11 Å². The van der Waals surface area contributed by atoms with E-state index in [9.17, 15) is 0 Å². The Morgan fingerprint density at radius 3 is 0.780 bits per heavy atom. The van der Waals surface area contributed by atoms with Crippen LogP contribution in [0.25, 0.3) is 287 Å². The predicted octanol–water partition coefficient (Wildman–Crippen LogP) is 39.2. The van der Waals surface area contributed by atoms with Crippen LogP contribution in [0.5, 0.6) is 5.75 Å². The molecule has 2 aromatic heterocycles. The third kappa shape index (κ3) is 16.3. The van der Waals surface area contributed by atoms with Gasteiger partial charge in [-0.1, -0.05) is 479 Å². The Bertz CT molecular complexity index is 9870. The van der Waals surface area contributed by atoms with Crippen LogP contribution in [0, 0.1) is 0 Å². The molecule has 0 radical (unpaired) electrons. The number of rotatable bonds is 17. The van der Waals surface area contributed by atoms with Crippen molar-refractivity contribution >= 4 is 108 Å². The molecule has 2 heterocycles. The maximum Gasteiger partial charge on any atom is 0.164 e. The molecule has 0 spiro atoms. The number of hydrogen-bond donors (Lipinski definition) is 0. The van der Waals surface area contributed by atoms with E-state index in [4.69, 9.17) is 24.7 Å². The molecule has 700 valence electrons. The first-order chi connectivity index (χ1) is 74.3. The van der Waals surface area contributed by atoms with Crippen molar-refractivity contribution in [1.82, 2.24) is 19.9 Å². The van der Waals surface area contributed by atoms with E-state index >= 15 is 0 Å². The van der Waals surface area contributed by atoms with Crippen LogP contribution < -0.4 is 4.74 Å². The lowest BCUT2D eigenvalue weighted by Gasteiger charge is -2.20. The first-order valence-electron chi connectivity index (χ1n) is 51.3. The summed E-state index contributed by atoms with van der Waals surface area (Å²) in [6.07, 6.45) is 0. The third-order valence-electron chi connectivity index (χ3n) is 29.9. The molecule has 0 aliphatic carbocycles. The quantitative estimate of drug-likeness (QED) is 0.0672. The molecule has 26 aromatic carbocycles. The van der Waals surface area contributed by atoms with Crippen LogP contribution in [0.2, 0.25) is 0 Å². The van der Waals surface area contributed by atoms with Gasteiger partial charge in [0.05, 0.1) is 35.4 Å². The number of nitrogens with zero attached hydrogens (tertiary/aromatic N) is 4. The van der Waals surface area contributed by atoms with Crippen molar-refractivity contribution in [2.24, 2.45) is 0 Å². The van der Waals surface area contributed by atoms with Gasteiger partial charge >= 0.3 is 0 Å².